The first-order chi connectivity index (χ1) is 12.3. The fourth-order valence-corrected chi connectivity index (χ4v) is 3.87. The first-order valence-electron chi connectivity index (χ1n) is 8.07. The molecular weight excluding hydrogens is 332 g/mol. The number of methoxy groups -OCH3 is 1. The molecular formula is C20H18N2O2S. The van der Waals surface area contributed by atoms with E-state index < -0.39 is 0 Å². The molecule has 0 saturated heterocycles. The number of hydrogen-bond acceptors (Lipinski definition) is 5. The van der Waals surface area contributed by atoms with Crippen LogP contribution in [-0.4, -0.2) is 12.1 Å². The van der Waals surface area contributed by atoms with E-state index in [9.17, 15) is 0 Å². The number of fused-ring (bicyclic) bond motifs is 1. The van der Waals surface area contributed by atoms with E-state index in [0.29, 0.717) is 5.76 Å². The molecule has 0 fully saturated rings. The molecule has 1 N–H and O–H groups in total. The molecule has 4 nitrogen and oxygen atoms in total. The molecule has 0 amide bonds. The van der Waals surface area contributed by atoms with Crippen LogP contribution in [0.3, 0.4) is 0 Å². The minimum absolute atomic E-state index is 0.709. The Morgan fingerprint density at radius 1 is 1.16 bits per heavy atom. The first kappa shape index (κ1) is 15.9. The van der Waals surface area contributed by atoms with Gasteiger partial charge in [-0.1, -0.05) is 24.3 Å². The number of benzene rings is 2. The molecule has 2 aromatic heterocycles. The van der Waals surface area contributed by atoms with Crippen LogP contribution in [0.15, 0.2) is 64.9 Å². The van der Waals surface area contributed by atoms with E-state index in [-0.39, 0.29) is 0 Å². The van der Waals surface area contributed by atoms with Crippen molar-refractivity contribution in [3.63, 3.8) is 0 Å². The minimum Gasteiger partial charge on any atom is -0.496 e. The molecule has 0 aliphatic rings. The zero-order valence-electron chi connectivity index (χ0n) is 13.9. The van der Waals surface area contributed by atoms with Crippen molar-refractivity contribution >= 4 is 21.4 Å². The average molecular weight is 350 g/mol. The summed E-state index contributed by atoms with van der Waals surface area (Å²) in [4.78, 5) is 3.97. The van der Waals surface area contributed by atoms with Crippen molar-refractivity contribution in [1.29, 1.82) is 0 Å². The van der Waals surface area contributed by atoms with Gasteiger partial charge in [0.25, 0.3) is 0 Å². The number of nitrogens with one attached hydrogen (secondary N) is 1. The van der Waals surface area contributed by atoms with Gasteiger partial charge in [-0.3, -0.25) is 0 Å². The predicted octanol–water partition coefficient (Wildman–Crippen LogP) is 4.85. The number of hydrogen-bond donors (Lipinski definition) is 1. The SMILES string of the molecule is COc1cc(CNCc2csc3ccccc23)ccc1-c1cnco1. The number of thiophene rings is 1. The molecule has 4 rings (SSSR count). The maximum atomic E-state index is 5.51. The first-order valence-corrected chi connectivity index (χ1v) is 8.95. The van der Waals surface area contributed by atoms with Gasteiger partial charge < -0.3 is 14.5 Å². The molecule has 0 unspecified atom stereocenters. The molecule has 0 spiro atoms. The van der Waals surface area contributed by atoms with Crippen LogP contribution in [-0.2, 0) is 13.1 Å². The number of rotatable bonds is 6. The molecule has 25 heavy (non-hydrogen) atoms. The Kier molecular flexibility index (Phi) is 4.50. The zero-order chi connectivity index (χ0) is 17.1. The van der Waals surface area contributed by atoms with Crippen LogP contribution >= 0.6 is 11.3 Å². The van der Waals surface area contributed by atoms with Gasteiger partial charge in [-0.15, -0.1) is 11.3 Å². The van der Waals surface area contributed by atoms with Crippen LogP contribution in [0.1, 0.15) is 11.1 Å². The van der Waals surface area contributed by atoms with Gasteiger partial charge in [0.05, 0.1) is 18.9 Å². The lowest BCUT2D eigenvalue weighted by Crippen LogP contribution is -2.12. The summed E-state index contributed by atoms with van der Waals surface area (Å²) in [5.41, 5.74) is 3.41. The van der Waals surface area contributed by atoms with Gasteiger partial charge in [-0.25, -0.2) is 4.98 Å². The second kappa shape index (κ2) is 7.09. The highest BCUT2D eigenvalue weighted by Crippen LogP contribution is 2.30. The highest BCUT2D eigenvalue weighted by molar-refractivity contribution is 7.17. The largest absolute Gasteiger partial charge is 0.496 e. The summed E-state index contributed by atoms with van der Waals surface area (Å²) in [6.07, 6.45) is 3.12. The summed E-state index contributed by atoms with van der Waals surface area (Å²) in [7, 11) is 1.67. The van der Waals surface area contributed by atoms with Gasteiger partial charge in [-0.05, 0) is 40.1 Å². The number of aromatic nitrogens is 1. The monoisotopic (exact) mass is 350 g/mol. The zero-order valence-corrected chi connectivity index (χ0v) is 14.7. The Labute approximate surface area is 150 Å². The van der Waals surface area contributed by atoms with E-state index in [4.69, 9.17) is 9.15 Å². The van der Waals surface area contributed by atoms with Crippen molar-refractivity contribution in [2.24, 2.45) is 0 Å². The third-order valence-corrected chi connectivity index (χ3v) is 5.18. The second-order valence-corrected chi connectivity index (χ2v) is 6.67. The maximum Gasteiger partial charge on any atom is 0.181 e. The molecule has 126 valence electrons. The molecule has 0 radical (unpaired) electrons. The van der Waals surface area contributed by atoms with Crippen LogP contribution in [0.4, 0.5) is 0 Å². The number of ether oxygens (including phenoxy) is 1. The van der Waals surface area contributed by atoms with Crippen molar-refractivity contribution in [2.45, 2.75) is 13.1 Å². The lowest BCUT2D eigenvalue weighted by atomic mass is 10.1. The summed E-state index contributed by atoms with van der Waals surface area (Å²) in [6, 6.07) is 14.6. The predicted molar refractivity (Wildman–Crippen MR) is 101 cm³/mol. The van der Waals surface area contributed by atoms with Gasteiger partial charge >= 0.3 is 0 Å². The normalized spacial score (nSPS) is 11.1. The molecule has 0 aliphatic heterocycles. The van der Waals surface area contributed by atoms with Gasteiger partial charge in [0.2, 0.25) is 0 Å². The summed E-state index contributed by atoms with van der Waals surface area (Å²) < 4.78 is 12.2. The summed E-state index contributed by atoms with van der Waals surface area (Å²) in [6.45, 7) is 1.62. The Hall–Kier alpha value is -2.63. The highest BCUT2D eigenvalue weighted by Gasteiger charge is 2.10. The van der Waals surface area contributed by atoms with Crippen molar-refractivity contribution in [1.82, 2.24) is 10.3 Å². The lowest BCUT2D eigenvalue weighted by Gasteiger charge is -2.10. The van der Waals surface area contributed by atoms with E-state index in [2.05, 4.69) is 46.0 Å². The quantitative estimate of drug-likeness (QED) is 0.540. The Bertz CT molecular complexity index is 976. The van der Waals surface area contributed by atoms with Crippen LogP contribution in [0.25, 0.3) is 21.4 Å². The van der Waals surface area contributed by atoms with Gasteiger partial charge in [0.15, 0.2) is 12.2 Å². The van der Waals surface area contributed by atoms with Crippen LogP contribution < -0.4 is 10.1 Å². The fraction of sp³-hybridized carbons (Fsp3) is 0.150. The van der Waals surface area contributed by atoms with E-state index in [0.717, 1.165) is 24.4 Å². The molecule has 0 bridgehead atoms. The molecule has 5 heteroatoms. The molecule has 0 atom stereocenters. The summed E-state index contributed by atoms with van der Waals surface area (Å²) in [5, 5.41) is 7.08. The molecule has 0 aliphatic carbocycles. The van der Waals surface area contributed by atoms with Crippen molar-refractivity contribution < 1.29 is 9.15 Å². The van der Waals surface area contributed by atoms with Crippen LogP contribution in [0.5, 0.6) is 5.75 Å². The Balaban J connectivity index is 1.46. The Morgan fingerprint density at radius 2 is 2.08 bits per heavy atom. The van der Waals surface area contributed by atoms with Gasteiger partial charge in [-0.2, -0.15) is 0 Å². The van der Waals surface area contributed by atoms with Gasteiger partial charge in [0.1, 0.15) is 5.75 Å². The lowest BCUT2D eigenvalue weighted by molar-refractivity contribution is 0.414. The van der Waals surface area contributed by atoms with Gasteiger partial charge in [0, 0.05) is 17.8 Å². The Morgan fingerprint density at radius 3 is 2.92 bits per heavy atom. The maximum absolute atomic E-state index is 5.51. The molecule has 2 aromatic carbocycles. The van der Waals surface area contributed by atoms with E-state index in [1.807, 2.05) is 12.1 Å². The van der Waals surface area contributed by atoms with Crippen molar-refractivity contribution in [2.75, 3.05) is 7.11 Å². The number of oxazole rings is 1. The fourth-order valence-electron chi connectivity index (χ4n) is 2.91. The van der Waals surface area contributed by atoms with E-state index >= 15 is 0 Å². The van der Waals surface area contributed by atoms with Crippen LogP contribution in [0.2, 0.25) is 0 Å². The second-order valence-electron chi connectivity index (χ2n) is 5.76. The topological polar surface area (TPSA) is 47.3 Å². The highest BCUT2D eigenvalue weighted by atomic mass is 32.1. The number of nitrogens with zero attached hydrogens (tertiary/aromatic N) is 1. The third kappa shape index (κ3) is 3.29. The average Bonchev–Trinajstić information content (AvgIpc) is 3.32. The van der Waals surface area contributed by atoms with Crippen molar-refractivity contribution in [3.8, 4) is 17.1 Å². The van der Waals surface area contributed by atoms with Crippen molar-refractivity contribution in [3.05, 3.63) is 71.6 Å². The van der Waals surface area contributed by atoms with E-state index in [1.54, 1.807) is 24.6 Å². The molecule has 0 saturated carbocycles. The minimum atomic E-state index is 0.709. The molecule has 4 aromatic rings. The van der Waals surface area contributed by atoms with E-state index in [1.165, 1.54) is 27.6 Å². The summed E-state index contributed by atoms with van der Waals surface area (Å²) in [5.74, 6) is 1.50. The smallest absolute Gasteiger partial charge is 0.181 e. The molecule has 2 heterocycles. The third-order valence-electron chi connectivity index (χ3n) is 4.17. The van der Waals surface area contributed by atoms with Crippen LogP contribution in [0, 0.1) is 0 Å². The summed E-state index contributed by atoms with van der Waals surface area (Å²) >= 11 is 1.79. The standard InChI is InChI=1S/C20H18N2O2S/c1-23-18-8-14(6-7-17(18)19-11-22-13-24-19)9-21-10-15-12-25-20-5-3-2-4-16(15)20/h2-8,11-13,21H,9-10H2,1H3.